The van der Waals surface area contributed by atoms with Gasteiger partial charge in [0, 0.05) is 25.5 Å². The van der Waals surface area contributed by atoms with E-state index in [9.17, 15) is 4.79 Å². The molecule has 0 bridgehead atoms. The molecule has 1 atom stereocenters. The maximum atomic E-state index is 12.5. The Morgan fingerprint density at radius 3 is 2.33 bits per heavy atom. The predicted octanol–water partition coefficient (Wildman–Crippen LogP) is 3.52. The van der Waals surface area contributed by atoms with Crippen LogP contribution in [0, 0.1) is 0 Å². The van der Waals surface area contributed by atoms with Gasteiger partial charge in [-0.25, -0.2) is 4.79 Å². The van der Waals surface area contributed by atoms with E-state index in [4.69, 9.17) is 9.47 Å². The van der Waals surface area contributed by atoms with Crippen molar-refractivity contribution in [3.05, 3.63) is 65.7 Å². The normalized spacial score (nSPS) is 13.1. The van der Waals surface area contributed by atoms with E-state index >= 15 is 0 Å². The number of para-hydroxylation sites is 1. The molecule has 2 aromatic carbocycles. The van der Waals surface area contributed by atoms with Gasteiger partial charge in [-0.05, 0) is 18.6 Å². The molecule has 0 heterocycles. The lowest BCUT2D eigenvalue weighted by Gasteiger charge is -2.31. The van der Waals surface area contributed by atoms with Crippen molar-refractivity contribution in [1.82, 2.24) is 5.32 Å². The van der Waals surface area contributed by atoms with Crippen LogP contribution < -0.4 is 10.6 Å². The predicted molar refractivity (Wildman–Crippen MR) is 95.0 cm³/mol. The second-order valence-corrected chi connectivity index (χ2v) is 5.80. The van der Waals surface area contributed by atoms with Crippen LogP contribution in [0.15, 0.2) is 54.6 Å². The Balaban J connectivity index is 2.14. The van der Waals surface area contributed by atoms with Gasteiger partial charge in [-0.15, -0.1) is 0 Å². The number of methoxy groups -OCH3 is 2. The highest BCUT2D eigenvalue weighted by molar-refractivity contribution is 5.90. The van der Waals surface area contributed by atoms with Crippen LogP contribution in [0.2, 0.25) is 0 Å². The van der Waals surface area contributed by atoms with Gasteiger partial charge in [0.1, 0.15) is 0 Å². The summed E-state index contributed by atoms with van der Waals surface area (Å²) in [4.78, 5) is 12.5. The first-order valence-electron chi connectivity index (χ1n) is 7.79. The summed E-state index contributed by atoms with van der Waals surface area (Å²) in [5.74, 6) is 0. The number of carbonyl (C=O) groups excluding carboxylic acids is 1. The average Bonchev–Trinajstić information content (AvgIpc) is 2.58. The maximum absolute atomic E-state index is 12.5. The largest absolute Gasteiger partial charge is 0.382 e. The lowest BCUT2D eigenvalue weighted by Crippen LogP contribution is -2.48. The summed E-state index contributed by atoms with van der Waals surface area (Å²) in [5, 5.41) is 5.91. The molecule has 0 aliphatic rings. The van der Waals surface area contributed by atoms with Gasteiger partial charge in [-0.1, -0.05) is 48.5 Å². The second-order valence-electron chi connectivity index (χ2n) is 5.80. The van der Waals surface area contributed by atoms with Crippen LogP contribution in [-0.4, -0.2) is 26.9 Å². The maximum Gasteiger partial charge on any atom is 0.320 e. The van der Waals surface area contributed by atoms with Crippen molar-refractivity contribution in [3.63, 3.8) is 0 Å². The van der Waals surface area contributed by atoms with Gasteiger partial charge in [0.2, 0.25) is 0 Å². The third-order valence-electron chi connectivity index (χ3n) is 3.80. The lowest BCUT2D eigenvalue weighted by molar-refractivity contribution is 0.123. The van der Waals surface area contributed by atoms with Gasteiger partial charge in [-0.3, -0.25) is 0 Å². The highest BCUT2D eigenvalue weighted by Crippen LogP contribution is 2.22. The zero-order valence-corrected chi connectivity index (χ0v) is 14.3. The first-order valence-corrected chi connectivity index (χ1v) is 7.79. The summed E-state index contributed by atoms with van der Waals surface area (Å²) in [5.41, 5.74) is 2.00. The molecular weight excluding hydrogens is 304 g/mol. The zero-order chi connectivity index (χ0) is 17.4. The third-order valence-corrected chi connectivity index (χ3v) is 3.80. The quantitative estimate of drug-likeness (QED) is 0.817. The van der Waals surface area contributed by atoms with Gasteiger partial charge in [0.25, 0.3) is 0 Å². The summed E-state index contributed by atoms with van der Waals surface area (Å²) in [6.07, 6.45) is 0. The molecule has 24 heavy (non-hydrogen) atoms. The van der Waals surface area contributed by atoms with Crippen molar-refractivity contribution in [1.29, 1.82) is 0 Å². The Morgan fingerprint density at radius 2 is 1.67 bits per heavy atom. The smallest absolute Gasteiger partial charge is 0.320 e. The molecule has 0 saturated heterocycles. The number of nitrogens with one attached hydrogen (secondary N) is 2. The zero-order valence-electron chi connectivity index (χ0n) is 14.3. The van der Waals surface area contributed by atoms with E-state index in [-0.39, 0.29) is 6.03 Å². The van der Waals surface area contributed by atoms with Crippen molar-refractivity contribution in [2.24, 2.45) is 0 Å². The molecule has 2 N–H and O–H groups in total. The molecule has 2 rings (SSSR count). The van der Waals surface area contributed by atoms with Gasteiger partial charge in [-0.2, -0.15) is 0 Å². The minimum atomic E-state index is -0.629. The standard InChI is InChI=1S/C19H24N2O3/c1-19(14-24-3,16-10-5-4-6-11-16)21-18(22)20-17-12-8-7-9-15(17)13-23-2/h4-12H,13-14H2,1-3H3,(H2,20,21,22)/t19-/m1/s1. The molecule has 2 amide bonds. The van der Waals surface area contributed by atoms with Crippen LogP contribution in [0.5, 0.6) is 0 Å². The number of ether oxygens (including phenoxy) is 2. The van der Waals surface area contributed by atoms with E-state index in [0.717, 1.165) is 16.8 Å². The number of amides is 2. The molecule has 5 nitrogen and oxygen atoms in total. The van der Waals surface area contributed by atoms with Crippen molar-refractivity contribution in [2.45, 2.75) is 19.1 Å². The number of urea groups is 1. The molecule has 0 saturated carbocycles. The molecule has 0 aliphatic heterocycles. The Kier molecular flexibility index (Phi) is 6.35. The third kappa shape index (κ3) is 4.57. The number of hydrogen-bond donors (Lipinski definition) is 2. The fourth-order valence-electron chi connectivity index (χ4n) is 2.61. The minimum absolute atomic E-state index is 0.290. The van der Waals surface area contributed by atoms with E-state index in [0.29, 0.717) is 13.2 Å². The monoisotopic (exact) mass is 328 g/mol. The Bertz CT molecular complexity index is 661. The number of carbonyl (C=O) groups is 1. The van der Waals surface area contributed by atoms with Crippen LogP contribution in [0.25, 0.3) is 0 Å². The van der Waals surface area contributed by atoms with E-state index in [1.54, 1.807) is 14.2 Å². The SMILES string of the molecule is COCc1ccccc1NC(=O)N[C@](C)(COC)c1ccccc1. The summed E-state index contributed by atoms with van der Waals surface area (Å²) in [7, 11) is 3.25. The summed E-state index contributed by atoms with van der Waals surface area (Å²) >= 11 is 0. The van der Waals surface area contributed by atoms with Crippen LogP contribution in [-0.2, 0) is 21.6 Å². The average molecular weight is 328 g/mol. The van der Waals surface area contributed by atoms with E-state index in [2.05, 4.69) is 10.6 Å². The second kappa shape index (κ2) is 8.47. The number of benzene rings is 2. The Labute approximate surface area is 143 Å². The van der Waals surface area contributed by atoms with Crippen molar-refractivity contribution < 1.29 is 14.3 Å². The van der Waals surface area contributed by atoms with E-state index in [1.165, 1.54) is 0 Å². The van der Waals surface area contributed by atoms with E-state index in [1.807, 2.05) is 61.5 Å². The summed E-state index contributed by atoms with van der Waals surface area (Å²) in [6, 6.07) is 17.0. The minimum Gasteiger partial charge on any atom is -0.382 e. The lowest BCUT2D eigenvalue weighted by atomic mass is 9.93. The molecule has 0 radical (unpaired) electrons. The van der Waals surface area contributed by atoms with Gasteiger partial charge >= 0.3 is 6.03 Å². The van der Waals surface area contributed by atoms with Crippen molar-refractivity contribution in [3.8, 4) is 0 Å². The van der Waals surface area contributed by atoms with Crippen molar-refractivity contribution >= 4 is 11.7 Å². The molecular formula is C19H24N2O3. The first kappa shape index (κ1) is 18.0. The summed E-state index contributed by atoms with van der Waals surface area (Å²) in [6.45, 7) is 2.74. The number of rotatable bonds is 7. The van der Waals surface area contributed by atoms with E-state index < -0.39 is 5.54 Å². The Morgan fingerprint density at radius 1 is 1.00 bits per heavy atom. The first-order chi connectivity index (χ1) is 11.6. The van der Waals surface area contributed by atoms with Gasteiger partial charge < -0.3 is 20.1 Å². The highest BCUT2D eigenvalue weighted by Gasteiger charge is 2.28. The van der Waals surface area contributed by atoms with Crippen LogP contribution in [0.3, 0.4) is 0 Å². The van der Waals surface area contributed by atoms with Gasteiger partial charge in [0.05, 0.1) is 18.8 Å². The molecule has 0 unspecified atom stereocenters. The fourth-order valence-corrected chi connectivity index (χ4v) is 2.61. The highest BCUT2D eigenvalue weighted by atomic mass is 16.5. The molecule has 128 valence electrons. The topological polar surface area (TPSA) is 59.6 Å². The fraction of sp³-hybridized carbons (Fsp3) is 0.316. The molecule has 2 aromatic rings. The number of hydrogen-bond acceptors (Lipinski definition) is 3. The van der Waals surface area contributed by atoms with Crippen LogP contribution in [0.1, 0.15) is 18.1 Å². The van der Waals surface area contributed by atoms with Crippen LogP contribution >= 0.6 is 0 Å². The molecule has 5 heteroatoms. The number of anilines is 1. The summed E-state index contributed by atoms with van der Waals surface area (Å²) < 4.78 is 10.5. The molecule has 0 spiro atoms. The Hall–Kier alpha value is -2.37. The molecule has 0 fully saturated rings. The molecule has 0 aliphatic carbocycles. The van der Waals surface area contributed by atoms with Crippen molar-refractivity contribution in [2.75, 3.05) is 26.1 Å². The van der Waals surface area contributed by atoms with Crippen LogP contribution in [0.4, 0.5) is 10.5 Å². The molecule has 0 aromatic heterocycles. The van der Waals surface area contributed by atoms with Gasteiger partial charge in [0.15, 0.2) is 0 Å².